The third kappa shape index (κ3) is 4.65. The van der Waals surface area contributed by atoms with Crippen LogP contribution in [0.2, 0.25) is 11.6 Å². The van der Waals surface area contributed by atoms with Gasteiger partial charge in [-0.15, -0.1) is 0 Å². The van der Waals surface area contributed by atoms with Gasteiger partial charge in [0, 0.05) is 0 Å². The molecule has 2 aliphatic carbocycles. The molecule has 0 aliphatic heterocycles. The van der Waals surface area contributed by atoms with Crippen molar-refractivity contribution in [3.8, 4) is 0 Å². The van der Waals surface area contributed by atoms with E-state index in [-0.39, 0.29) is 6.92 Å². The SMILES string of the molecule is CC(C)/C=C/[C@H](B(O)C1CCCCC1)C1CCCCC1. The highest BCUT2D eigenvalue weighted by atomic mass is 16.2. The van der Waals surface area contributed by atoms with E-state index in [9.17, 15) is 5.02 Å². The maximum atomic E-state index is 10.9. The first-order chi connectivity index (χ1) is 9.68. The first kappa shape index (κ1) is 16.1. The highest BCUT2D eigenvalue weighted by molar-refractivity contribution is 6.54. The van der Waals surface area contributed by atoms with Crippen LogP contribution in [-0.4, -0.2) is 11.9 Å². The minimum Gasteiger partial charge on any atom is -0.450 e. The summed E-state index contributed by atoms with van der Waals surface area (Å²) in [7, 11) is 0. The van der Waals surface area contributed by atoms with Crippen molar-refractivity contribution in [2.75, 3.05) is 0 Å². The zero-order valence-corrected chi connectivity index (χ0v) is 13.6. The standard InChI is InChI=1S/C18H33BO/c1-15(2)13-14-18(16-9-5-3-6-10-16)19(20)17-11-7-4-8-12-17/h13-18,20H,3-12H2,1-2H3/b14-13+/t18-/m0/s1. The smallest absolute Gasteiger partial charge is 0.299 e. The van der Waals surface area contributed by atoms with E-state index in [1.54, 1.807) is 0 Å². The summed E-state index contributed by atoms with van der Waals surface area (Å²) in [4.78, 5) is 0. The van der Waals surface area contributed by atoms with Crippen molar-refractivity contribution in [3.63, 3.8) is 0 Å². The van der Waals surface area contributed by atoms with Gasteiger partial charge in [0.2, 0.25) is 0 Å². The second kappa shape index (κ2) is 8.27. The summed E-state index contributed by atoms with van der Waals surface area (Å²) >= 11 is 0. The van der Waals surface area contributed by atoms with Crippen LogP contribution in [0.3, 0.4) is 0 Å². The van der Waals surface area contributed by atoms with E-state index in [0.717, 1.165) is 5.92 Å². The van der Waals surface area contributed by atoms with Gasteiger partial charge in [-0.3, -0.25) is 0 Å². The molecule has 0 aromatic rings. The summed E-state index contributed by atoms with van der Waals surface area (Å²) < 4.78 is 0. The van der Waals surface area contributed by atoms with Crippen LogP contribution >= 0.6 is 0 Å². The van der Waals surface area contributed by atoms with Crippen molar-refractivity contribution in [2.24, 2.45) is 11.8 Å². The molecule has 0 aromatic carbocycles. The predicted octanol–water partition coefficient (Wildman–Crippen LogP) is 5.47. The van der Waals surface area contributed by atoms with Crippen LogP contribution in [0.1, 0.15) is 78.1 Å². The molecule has 2 aliphatic rings. The summed E-state index contributed by atoms with van der Waals surface area (Å²) in [6, 6.07) is 0. The summed E-state index contributed by atoms with van der Waals surface area (Å²) in [5.74, 6) is 2.31. The number of hydrogen-bond donors (Lipinski definition) is 1. The van der Waals surface area contributed by atoms with Crippen LogP contribution in [0.5, 0.6) is 0 Å². The monoisotopic (exact) mass is 276 g/mol. The summed E-state index contributed by atoms with van der Waals surface area (Å²) in [6.07, 6.45) is 18.0. The van der Waals surface area contributed by atoms with Crippen LogP contribution in [0.4, 0.5) is 0 Å². The molecule has 20 heavy (non-hydrogen) atoms. The van der Waals surface area contributed by atoms with Crippen LogP contribution in [0, 0.1) is 11.8 Å². The average molecular weight is 276 g/mol. The third-order valence-electron chi connectivity index (χ3n) is 5.44. The van der Waals surface area contributed by atoms with Crippen molar-refractivity contribution >= 4 is 6.92 Å². The second-order valence-corrected chi connectivity index (χ2v) is 7.49. The van der Waals surface area contributed by atoms with Crippen molar-refractivity contribution in [1.29, 1.82) is 0 Å². The maximum absolute atomic E-state index is 10.9. The molecular weight excluding hydrogens is 243 g/mol. The summed E-state index contributed by atoms with van der Waals surface area (Å²) in [5.41, 5.74) is 0. The quantitative estimate of drug-likeness (QED) is 0.521. The maximum Gasteiger partial charge on any atom is 0.299 e. The summed E-state index contributed by atoms with van der Waals surface area (Å²) in [6.45, 7) is 4.39. The van der Waals surface area contributed by atoms with E-state index in [2.05, 4.69) is 26.0 Å². The molecule has 0 aromatic heterocycles. The molecule has 114 valence electrons. The molecule has 1 atom stereocenters. The highest BCUT2D eigenvalue weighted by Gasteiger charge is 2.36. The lowest BCUT2D eigenvalue weighted by Gasteiger charge is -2.34. The van der Waals surface area contributed by atoms with E-state index < -0.39 is 0 Å². The van der Waals surface area contributed by atoms with E-state index in [1.165, 1.54) is 64.2 Å². The minimum absolute atomic E-state index is 0.0894. The molecule has 2 heteroatoms. The van der Waals surface area contributed by atoms with Gasteiger partial charge in [0.05, 0.1) is 0 Å². The fourth-order valence-electron chi connectivity index (χ4n) is 4.21. The van der Waals surface area contributed by atoms with Crippen molar-refractivity contribution in [3.05, 3.63) is 12.2 Å². The lowest BCUT2D eigenvalue weighted by molar-refractivity contribution is 0.336. The van der Waals surface area contributed by atoms with Crippen molar-refractivity contribution in [1.82, 2.24) is 0 Å². The van der Waals surface area contributed by atoms with Gasteiger partial charge >= 0.3 is 0 Å². The lowest BCUT2D eigenvalue weighted by Crippen LogP contribution is -2.32. The van der Waals surface area contributed by atoms with E-state index in [4.69, 9.17) is 0 Å². The second-order valence-electron chi connectivity index (χ2n) is 7.49. The van der Waals surface area contributed by atoms with Crippen LogP contribution in [-0.2, 0) is 0 Å². The zero-order valence-electron chi connectivity index (χ0n) is 13.6. The van der Waals surface area contributed by atoms with Gasteiger partial charge in [-0.25, -0.2) is 0 Å². The molecule has 0 amide bonds. The van der Waals surface area contributed by atoms with Gasteiger partial charge < -0.3 is 5.02 Å². The molecule has 0 heterocycles. The minimum atomic E-state index is -0.0894. The van der Waals surface area contributed by atoms with Gasteiger partial charge in [0.1, 0.15) is 0 Å². The fourth-order valence-corrected chi connectivity index (χ4v) is 4.21. The molecule has 2 saturated carbocycles. The first-order valence-corrected chi connectivity index (χ1v) is 9.05. The largest absolute Gasteiger partial charge is 0.450 e. The molecule has 0 unspecified atom stereocenters. The van der Waals surface area contributed by atoms with Gasteiger partial charge in [-0.2, -0.15) is 0 Å². The van der Waals surface area contributed by atoms with Crippen LogP contribution < -0.4 is 0 Å². The Morgan fingerprint density at radius 2 is 1.40 bits per heavy atom. The Morgan fingerprint density at radius 3 is 1.95 bits per heavy atom. The molecule has 1 nitrogen and oxygen atoms in total. The number of rotatable bonds is 5. The van der Waals surface area contributed by atoms with Crippen LogP contribution in [0.15, 0.2) is 12.2 Å². The predicted molar refractivity (Wildman–Crippen MR) is 89.1 cm³/mol. The van der Waals surface area contributed by atoms with E-state index in [0.29, 0.717) is 17.6 Å². The van der Waals surface area contributed by atoms with E-state index in [1.807, 2.05) is 0 Å². The Morgan fingerprint density at radius 1 is 0.850 bits per heavy atom. The number of allylic oxidation sites excluding steroid dienone is 2. The Balaban J connectivity index is 2.03. The number of hydrogen-bond acceptors (Lipinski definition) is 1. The molecule has 2 rings (SSSR count). The Kier molecular flexibility index (Phi) is 6.67. The molecule has 0 radical (unpaired) electrons. The molecule has 0 saturated heterocycles. The van der Waals surface area contributed by atoms with Crippen LogP contribution in [0.25, 0.3) is 0 Å². The molecular formula is C18H33BO. The first-order valence-electron chi connectivity index (χ1n) is 9.05. The molecule has 2 fully saturated rings. The molecule has 0 bridgehead atoms. The molecule has 1 N–H and O–H groups in total. The van der Waals surface area contributed by atoms with Gasteiger partial charge in [0.15, 0.2) is 0 Å². The zero-order chi connectivity index (χ0) is 14.4. The fraction of sp³-hybridized carbons (Fsp3) is 0.889. The molecule has 0 spiro atoms. The van der Waals surface area contributed by atoms with Gasteiger partial charge in [-0.1, -0.05) is 90.2 Å². The van der Waals surface area contributed by atoms with Crippen molar-refractivity contribution in [2.45, 2.75) is 89.7 Å². The normalized spacial score (nSPS) is 24.4. The Bertz CT molecular complexity index is 288. The Labute approximate surface area is 126 Å². The topological polar surface area (TPSA) is 20.2 Å². The average Bonchev–Trinajstić information content (AvgIpc) is 2.49. The van der Waals surface area contributed by atoms with E-state index >= 15 is 0 Å². The highest BCUT2D eigenvalue weighted by Crippen LogP contribution is 2.42. The Hall–Kier alpha value is -0.235. The third-order valence-corrected chi connectivity index (χ3v) is 5.44. The van der Waals surface area contributed by atoms with Crippen molar-refractivity contribution < 1.29 is 5.02 Å². The van der Waals surface area contributed by atoms with Gasteiger partial charge in [-0.05, 0) is 23.5 Å². The summed E-state index contributed by atoms with van der Waals surface area (Å²) in [5, 5.41) is 10.9. The van der Waals surface area contributed by atoms with Gasteiger partial charge in [0.25, 0.3) is 6.92 Å². The lowest BCUT2D eigenvalue weighted by atomic mass is 9.41.